The zero-order valence-corrected chi connectivity index (χ0v) is 16.4. The van der Waals surface area contributed by atoms with Crippen molar-refractivity contribution in [2.45, 2.75) is 50.1 Å². The summed E-state index contributed by atoms with van der Waals surface area (Å²) in [7, 11) is 0. The van der Waals surface area contributed by atoms with Crippen molar-refractivity contribution < 1.29 is 49.0 Å². The van der Waals surface area contributed by atoms with Gasteiger partial charge in [0.05, 0.1) is 13.0 Å². The van der Waals surface area contributed by atoms with Crippen molar-refractivity contribution in [3.63, 3.8) is 0 Å². The third kappa shape index (κ3) is 6.07. The van der Waals surface area contributed by atoms with Crippen molar-refractivity contribution in [3.8, 4) is 0 Å². The fraction of sp³-hybridized carbons (Fsp3) is 0.526. The predicted octanol–water partition coefficient (Wildman–Crippen LogP) is 6.41. The Morgan fingerprint density at radius 2 is 1.65 bits per heavy atom. The van der Waals surface area contributed by atoms with Crippen molar-refractivity contribution in [3.05, 3.63) is 42.0 Å². The van der Waals surface area contributed by atoms with E-state index in [1.165, 1.54) is 0 Å². The maximum atomic E-state index is 13.4. The standard InChI is InChI=1S/C19H20F9NO2/c1-11(2)13-5-4-6-14(9-13)12(3)10-29-15(30)31-8-7-16(20,21)17(22,23)18(24,25)19(26,27)28/h4-6,9,12H,1,7-8,10H2,2-3H3,(H,29,30). The quantitative estimate of drug-likeness (QED) is 0.428. The maximum absolute atomic E-state index is 13.4. The molecule has 1 rings (SSSR count). The van der Waals surface area contributed by atoms with Crippen LogP contribution in [0.5, 0.6) is 0 Å². The summed E-state index contributed by atoms with van der Waals surface area (Å²) in [6, 6.07) is 7.09. The van der Waals surface area contributed by atoms with Crippen molar-refractivity contribution >= 4 is 11.7 Å². The van der Waals surface area contributed by atoms with Crippen molar-refractivity contribution in [2.75, 3.05) is 13.2 Å². The molecule has 1 amide bonds. The Labute approximate surface area is 172 Å². The first-order chi connectivity index (χ1) is 13.9. The van der Waals surface area contributed by atoms with Crippen LogP contribution in [0.15, 0.2) is 30.8 Å². The minimum absolute atomic E-state index is 0.0584. The van der Waals surface area contributed by atoms with Gasteiger partial charge in [-0.05, 0) is 24.0 Å². The number of benzene rings is 1. The smallest absolute Gasteiger partial charge is 0.449 e. The summed E-state index contributed by atoms with van der Waals surface area (Å²) in [6.07, 6.45) is -10.5. The van der Waals surface area contributed by atoms with Crippen molar-refractivity contribution in [1.82, 2.24) is 5.32 Å². The molecule has 176 valence electrons. The third-order valence-electron chi connectivity index (χ3n) is 4.36. The molecule has 12 heteroatoms. The molecule has 0 radical (unpaired) electrons. The molecule has 0 saturated carbocycles. The Morgan fingerprint density at radius 1 is 1.06 bits per heavy atom. The van der Waals surface area contributed by atoms with Crippen LogP contribution < -0.4 is 5.32 Å². The van der Waals surface area contributed by atoms with E-state index < -0.39 is 43.1 Å². The van der Waals surface area contributed by atoms with Crippen LogP contribution in [0.4, 0.5) is 44.3 Å². The highest BCUT2D eigenvalue weighted by atomic mass is 19.4. The Kier molecular flexibility index (Phi) is 8.07. The highest BCUT2D eigenvalue weighted by molar-refractivity contribution is 5.67. The zero-order chi connectivity index (χ0) is 24.3. The SMILES string of the molecule is C=C(C)c1cccc(C(C)CNC(=O)OCCC(F)(F)C(F)(F)C(F)(F)C(F)(F)F)c1. The summed E-state index contributed by atoms with van der Waals surface area (Å²) in [5.41, 5.74) is 2.40. The number of amides is 1. The van der Waals surface area contributed by atoms with E-state index in [9.17, 15) is 44.3 Å². The van der Waals surface area contributed by atoms with Gasteiger partial charge < -0.3 is 10.1 Å². The first-order valence-electron chi connectivity index (χ1n) is 8.80. The fourth-order valence-corrected chi connectivity index (χ4v) is 2.35. The average Bonchev–Trinajstić information content (AvgIpc) is 2.64. The van der Waals surface area contributed by atoms with Gasteiger partial charge in [-0.25, -0.2) is 4.79 Å². The van der Waals surface area contributed by atoms with E-state index in [-0.39, 0.29) is 12.5 Å². The van der Waals surface area contributed by atoms with E-state index in [1.54, 1.807) is 38.1 Å². The highest BCUT2D eigenvalue weighted by Crippen LogP contribution is 2.53. The molecule has 0 spiro atoms. The number of rotatable bonds is 9. The summed E-state index contributed by atoms with van der Waals surface area (Å²) in [6.45, 7) is 5.70. The van der Waals surface area contributed by atoms with Crippen LogP contribution >= 0.6 is 0 Å². The van der Waals surface area contributed by atoms with Crippen LogP contribution in [0.3, 0.4) is 0 Å². The van der Waals surface area contributed by atoms with Gasteiger partial charge in [0.2, 0.25) is 0 Å². The number of allylic oxidation sites excluding steroid dienone is 1. The van der Waals surface area contributed by atoms with Crippen LogP contribution in [-0.2, 0) is 4.74 Å². The second-order valence-corrected chi connectivity index (χ2v) is 6.92. The molecule has 1 unspecified atom stereocenters. The van der Waals surface area contributed by atoms with E-state index in [0.29, 0.717) is 0 Å². The number of alkyl halides is 9. The summed E-state index contributed by atoms with van der Waals surface area (Å²) >= 11 is 0. The van der Waals surface area contributed by atoms with E-state index in [1.807, 2.05) is 0 Å². The lowest BCUT2D eigenvalue weighted by Gasteiger charge is -2.33. The average molecular weight is 465 g/mol. The van der Waals surface area contributed by atoms with Gasteiger partial charge in [-0.15, -0.1) is 0 Å². The molecule has 1 atom stereocenters. The number of halogens is 9. The topological polar surface area (TPSA) is 38.3 Å². The minimum Gasteiger partial charge on any atom is -0.449 e. The van der Waals surface area contributed by atoms with Crippen molar-refractivity contribution in [2.24, 2.45) is 0 Å². The number of hydrogen-bond donors (Lipinski definition) is 1. The molecule has 0 heterocycles. The van der Waals surface area contributed by atoms with Gasteiger partial charge in [0, 0.05) is 6.54 Å². The molecule has 3 nitrogen and oxygen atoms in total. The van der Waals surface area contributed by atoms with Gasteiger partial charge in [0.25, 0.3) is 0 Å². The molecule has 0 saturated heterocycles. The highest BCUT2D eigenvalue weighted by Gasteiger charge is 2.81. The van der Waals surface area contributed by atoms with Crippen LogP contribution in [0.2, 0.25) is 0 Å². The molecule has 1 N–H and O–H groups in total. The molecular formula is C19H20F9NO2. The number of carbonyl (C=O) groups excluding carboxylic acids is 1. The lowest BCUT2D eigenvalue weighted by Crippen LogP contribution is -2.61. The second-order valence-electron chi connectivity index (χ2n) is 6.92. The van der Waals surface area contributed by atoms with Crippen LogP contribution in [0, 0.1) is 0 Å². The molecule has 0 aliphatic carbocycles. The monoisotopic (exact) mass is 465 g/mol. The molecule has 31 heavy (non-hydrogen) atoms. The molecule has 0 bridgehead atoms. The largest absolute Gasteiger partial charge is 0.460 e. The van der Waals surface area contributed by atoms with Crippen LogP contribution in [0.1, 0.15) is 37.3 Å². The second kappa shape index (κ2) is 9.39. The van der Waals surface area contributed by atoms with E-state index in [2.05, 4.69) is 16.6 Å². The van der Waals surface area contributed by atoms with Gasteiger partial charge in [0.15, 0.2) is 0 Å². The zero-order valence-electron chi connectivity index (χ0n) is 16.4. The normalized spacial score (nSPS) is 14.2. The minimum atomic E-state index is -6.97. The van der Waals surface area contributed by atoms with Gasteiger partial charge in [-0.2, -0.15) is 39.5 Å². The first-order valence-corrected chi connectivity index (χ1v) is 8.80. The maximum Gasteiger partial charge on any atom is 0.460 e. The molecule has 1 aromatic rings. The summed E-state index contributed by atoms with van der Waals surface area (Å²) in [5.74, 6) is -19.8. The van der Waals surface area contributed by atoms with Gasteiger partial charge in [-0.3, -0.25) is 0 Å². The molecule has 0 fully saturated rings. The number of hydrogen-bond acceptors (Lipinski definition) is 2. The van der Waals surface area contributed by atoms with E-state index >= 15 is 0 Å². The Hall–Kier alpha value is -2.40. The Bertz CT molecular complexity index is 791. The number of nitrogens with one attached hydrogen (secondary N) is 1. The lowest BCUT2D eigenvalue weighted by atomic mass is 9.97. The van der Waals surface area contributed by atoms with Gasteiger partial charge in [-0.1, -0.05) is 43.3 Å². The summed E-state index contributed by atoms with van der Waals surface area (Å²) in [4.78, 5) is 11.5. The van der Waals surface area contributed by atoms with Crippen LogP contribution in [0.25, 0.3) is 5.57 Å². The lowest BCUT2D eigenvalue weighted by molar-refractivity contribution is -0.397. The van der Waals surface area contributed by atoms with E-state index in [4.69, 9.17) is 0 Å². The Morgan fingerprint density at radius 3 is 2.16 bits per heavy atom. The van der Waals surface area contributed by atoms with E-state index in [0.717, 1.165) is 16.7 Å². The molecule has 1 aromatic carbocycles. The third-order valence-corrected chi connectivity index (χ3v) is 4.36. The number of carbonyl (C=O) groups is 1. The van der Waals surface area contributed by atoms with Crippen molar-refractivity contribution in [1.29, 1.82) is 0 Å². The number of alkyl carbamates (subject to hydrolysis) is 1. The fourth-order valence-electron chi connectivity index (χ4n) is 2.35. The van der Waals surface area contributed by atoms with Crippen LogP contribution in [-0.4, -0.2) is 43.2 Å². The molecule has 0 aromatic heterocycles. The predicted molar refractivity (Wildman–Crippen MR) is 94.4 cm³/mol. The van der Waals surface area contributed by atoms with Gasteiger partial charge in [0.1, 0.15) is 0 Å². The summed E-state index contributed by atoms with van der Waals surface area (Å²) < 4.78 is 119. The molecule has 0 aliphatic heterocycles. The molecular weight excluding hydrogens is 445 g/mol. The number of ether oxygens (including phenoxy) is 1. The first kappa shape index (κ1) is 26.6. The summed E-state index contributed by atoms with van der Waals surface area (Å²) in [5, 5.41) is 2.16. The van der Waals surface area contributed by atoms with Gasteiger partial charge >= 0.3 is 30.0 Å². The molecule has 0 aliphatic rings. The Balaban J connectivity index is 2.61.